The van der Waals surface area contributed by atoms with Crippen molar-refractivity contribution in [1.82, 2.24) is 25.3 Å². The molecule has 2 heterocycles. The van der Waals surface area contributed by atoms with Gasteiger partial charge in [0.05, 0.1) is 50.0 Å². The lowest BCUT2D eigenvalue weighted by Gasteiger charge is -2.16. The Morgan fingerprint density at radius 1 is 1.06 bits per heavy atom. The molecule has 0 unspecified atom stereocenters. The Morgan fingerprint density at radius 2 is 1.83 bits per heavy atom. The van der Waals surface area contributed by atoms with Gasteiger partial charge in [-0.2, -0.15) is 11.8 Å². The summed E-state index contributed by atoms with van der Waals surface area (Å²) < 4.78 is 63.6. The molecule has 3 N–H and O–H groups in total. The van der Waals surface area contributed by atoms with E-state index in [2.05, 4.69) is 20.6 Å². The third-order valence-corrected chi connectivity index (χ3v) is 9.67. The molecule has 4 aromatic rings. The fourth-order valence-electron chi connectivity index (χ4n) is 4.05. The van der Waals surface area contributed by atoms with Crippen molar-refractivity contribution < 1.29 is 46.1 Å². The van der Waals surface area contributed by atoms with Crippen LogP contribution >= 0.6 is 23.1 Å². The van der Waals surface area contributed by atoms with Crippen molar-refractivity contribution in [3.63, 3.8) is 0 Å². The van der Waals surface area contributed by atoms with Gasteiger partial charge in [-0.05, 0) is 35.9 Å². The van der Waals surface area contributed by atoms with Gasteiger partial charge in [-0.25, -0.2) is 32.4 Å². The summed E-state index contributed by atoms with van der Waals surface area (Å²) in [6.07, 6.45) is 1.54. The quantitative estimate of drug-likeness (QED) is 0.0937. The third-order valence-electron chi connectivity index (χ3n) is 6.22. The van der Waals surface area contributed by atoms with Crippen molar-refractivity contribution in [3.8, 4) is 11.5 Å². The number of nitrogens with one attached hydrogen (secondary N) is 1. The molecule has 1 atom stereocenters. The van der Waals surface area contributed by atoms with Crippen LogP contribution in [-0.2, 0) is 52.7 Å². The van der Waals surface area contributed by atoms with Gasteiger partial charge in [-0.3, -0.25) is 4.79 Å². The highest BCUT2D eigenvalue weighted by Gasteiger charge is 2.22. The average Bonchev–Trinajstić information content (AvgIpc) is 3.71. The molecule has 1 amide bonds. The van der Waals surface area contributed by atoms with Gasteiger partial charge in [0.2, 0.25) is 10.2 Å². The number of methoxy groups -OCH3 is 1. The van der Waals surface area contributed by atoms with Crippen LogP contribution in [0.2, 0.25) is 0 Å². The first-order valence-corrected chi connectivity index (χ1v) is 18.0. The number of hydrogen-bond donors (Lipinski definition) is 2. The molecule has 0 radical (unpaired) electrons. The fourth-order valence-corrected chi connectivity index (χ4v) is 6.72. The standard InChI is InChI=1S/C29H35FN6O9S3/c1-41-28(38)25(19-46-18-20-3-2-4-22(13-20)44-12-11-43-10-9-42-8-7-30)32-27(37)16-36-15-21(34-35-36)17-45-23-5-6-24-26(14-23)47-29(33-24)48(31,39)40/h2-6,13-15,25H,7-12,16-19H2,1H3,(H,32,37)(H2,31,39,40)/t25-/m1/s1. The van der Waals surface area contributed by atoms with Gasteiger partial charge in [0, 0.05) is 11.5 Å². The summed E-state index contributed by atoms with van der Waals surface area (Å²) in [6, 6.07) is 11.5. The first-order chi connectivity index (χ1) is 23.1. The smallest absolute Gasteiger partial charge is 0.329 e. The molecule has 0 saturated carbocycles. The number of carbonyl (C=O) groups is 2. The summed E-state index contributed by atoms with van der Waals surface area (Å²) in [4.78, 5) is 29.2. The summed E-state index contributed by atoms with van der Waals surface area (Å²) >= 11 is 2.38. The molecule has 0 bridgehead atoms. The summed E-state index contributed by atoms with van der Waals surface area (Å²) in [5.74, 6) is 0.901. The second kappa shape index (κ2) is 18.6. The zero-order valence-electron chi connectivity index (χ0n) is 25.9. The number of sulfonamides is 1. The van der Waals surface area contributed by atoms with Gasteiger partial charge in [0.25, 0.3) is 10.0 Å². The van der Waals surface area contributed by atoms with E-state index in [1.807, 2.05) is 24.3 Å². The lowest BCUT2D eigenvalue weighted by Crippen LogP contribution is -2.44. The number of nitrogens with two attached hydrogens (primary N) is 1. The van der Waals surface area contributed by atoms with Crippen LogP contribution in [0.15, 0.2) is 53.0 Å². The molecule has 0 fully saturated rings. The van der Waals surface area contributed by atoms with E-state index in [9.17, 15) is 22.4 Å². The number of carbonyl (C=O) groups excluding carboxylic acids is 2. The van der Waals surface area contributed by atoms with E-state index in [0.29, 0.717) is 59.6 Å². The minimum atomic E-state index is -3.91. The van der Waals surface area contributed by atoms with Crippen LogP contribution in [0.4, 0.5) is 4.39 Å². The normalized spacial score (nSPS) is 12.1. The van der Waals surface area contributed by atoms with Crippen LogP contribution < -0.4 is 19.9 Å². The molecule has 0 aliphatic heterocycles. The summed E-state index contributed by atoms with van der Waals surface area (Å²) in [6.45, 7) is 0.765. The average molecular weight is 727 g/mol. The largest absolute Gasteiger partial charge is 0.491 e. The van der Waals surface area contributed by atoms with E-state index in [4.69, 9.17) is 28.8 Å². The molecule has 2 aromatic heterocycles. The lowest BCUT2D eigenvalue weighted by atomic mass is 10.2. The Bertz CT molecular complexity index is 1750. The highest BCUT2D eigenvalue weighted by atomic mass is 32.2. The maximum Gasteiger partial charge on any atom is 0.329 e. The van der Waals surface area contributed by atoms with E-state index in [1.165, 1.54) is 29.8 Å². The predicted molar refractivity (Wildman–Crippen MR) is 175 cm³/mol. The zero-order chi connectivity index (χ0) is 34.4. The number of amides is 1. The Kier molecular flexibility index (Phi) is 14.3. The second-order valence-electron chi connectivity index (χ2n) is 9.92. The number of rotatable bonds is 21. The van der Waals surface area contributed by atoms with Crippen LogP contribution in [0.5, 0.6) is 11.5 Å². The minimum absolute atomic E-state index is 0.0352. The van der Waals surface area contributed by atoms with E-state index < -0.39 is 34.6 Å². The van der Waals surface area contributed by atoms with E-state index in [1.54, 1.807) is 18.2 Å². The number of primary sulfonamides is 1. The zero-order valence-corrected chi connectivity index (χ0v) is 28.4. The predicted octanol–water partition coefficient (Wildman–Crippen LogP) is 2.09. The number of halogens is 1. The number of benzene rings is 2. The lowest BCUT2D eigenvalue weighted by molar-refractivity contribution is -0.144. The molecule has 0 aliphatic carbocycles. The van der Waals surface area contributed by atoms with Gasteiger partial charge in [0.15, 0.2) is 0 Å². The molecule has 15 nitrogen and oxygen atoms in total. The highest BCUT2D eigenvalue weighted by Crippen LogP contribution is 2.28. The Balaban J connectivity index is 1.20. The summed E-state index contributed by atoms with van der Waals surface area (Å²) in [7, 11) is -2.66. The van der Waals surface area contributed by atoms with Gasteiger partial charge in [0.1, 0.15) is 49.7 Å². The minimum Gasteiger partial charge on any atom is -0.491 e. The first-order valence-electron chi connectivity index (χ1n) is 14.5. The number of thioether (sulfide) groups is 1. The van der Waals surface area contributed by atoms with Crippen LogP contribution in [0.25, 0.3) is 10.2 Å². The summed E-state index contributed by atoms with van der Waals surface area (Å²) in [5.41, 5.74) is 1.88. The molecule has 2 aromatic carbocycles. The van der Waals surface area contributed by atoms with Crippen molar-refractivity contribution in [3.05, 3.63) is 59.9 Å². The molecule has 0 aliphatic rings. The number of fused-ring (bicyclic) bond motifs is 1. The van der Waals surface area contributed by atoms with Gasteiger partial charge in [-0.15, -0.1) is 16.4 Å². The van der Waals surface area contributed by atoms with Crippen molar-refractivity contribution >= 4 is 55.2 Å². The van der Waals surface area contributed by atoms with Crippen LogP contribution in [0, 0.1) is 0 Å². The van der Waals surface area contributed by atoms with E-state index >= 15 is 0 Å². The molecule has 4 rings (SSSR count). The molecule has 260 valence electrons. The van der Waals surface area contributed by atoms with Gasteiger partial charge < -0.3 is 29.0 Å². The molecule has 48 heavy (non-hydrogen) atoms. The Morgan fingerprint density at radius 3 is 2.60 bits per heavy atom. The fraction of sp³-hybridized carbons (Fsp3) is 0.414. The Hall–Kier alpha value is -3.88. The monoisotopic (exact) mass is 726 g/mol. The number of nitrogens with zero attached hydrogens (tertiary/aromatic N) is 4. The molecule has 19 heteroatoms. The van der Waals surface area contributed by atoms with Gasteiger partial charge >= 0.3 is 5.97 Å². The highest BCUT2D eigenvalue weighted by molar-refractivity contribution is 7.98. The third kappa shape index (κ3) is 12.0. The van der Waals surface area contributed by atoms with Crippen molar-refractivity contribution in [1.29, 1.82) is 0 Å². The molecule has 0 saturated heterocycles. The number of alkyl halides is 1. The molecular formula is C29H35FN6O9S3. The molecule has 0 spiro atoms. The summed E-state index contributed by atoms with van der Waals surface area (Å²) in [5, 5.41) is 15.8. The van der Waals surface area contributed by atoms with Crippen molar-refractivity contribution in [2.75, 3.05) is 52.6 Å². The number of esters is 1. The molecular weight excluding hydrogens is 692 g/mol. The van der Waals surface area contributed by atoms with Crippen LogP contribution in [-0.4, -0.2) is 98.9 Å². The van der Waals surface area contributed by atoms with Gasteiger partial charge in [-0.1, -0.05) is 17.3 Å². The van der Waals surface area contributed by atoms with Crippen LogP contribution in [0.3, 0.4) is 0 Å². The number of aromatic nitrogens is 4. The van der Waals surface area contributed by atoms with E-state index in [0.717, 1.165) is 16.9 Å². The SMILES string of the molecule is COC(=O)[C@@H](CSCc1cccc(OCCOCCOCCF)c1)NC(=O)Cn1cc(COc2ccc3nc(S(N)(=O)=O)sc3c2)nn1. The number of hydrogen-bond acceptors (Lipinski definition) is 14. The van der Waals surface area contributed by atoms with Crippen molar-refractivity contribution in [2.45, 2.75) is 29.3 Å². The first kappa shape index (κ1) is 36.9. The van der Waals surface area contributed by atoms with E-state index in [-0.39, 0.29) is 29.9 Å². The number of thiazole rings is 1. The Labute approximate surface area is 284 Å². The number of ether oxygens (including phenoxy) is 5. The second-order valence-corrected chi connectivity index (χ2v) is 13.7. The topological polar surface area (TPSA) is 196 Å². The maximum atomic E-state index is 12.8. The van der Waals surface area contributed by atoms with Crippen molar-refractivity contribution in [2.24, 2.45) is 5.14 Å². The maximum absolute atomic E-state index is 12.8. The van der Waals surface area contributed by atoms with Crippen LogP contribution in [0.1, 0.15) is 11.3 Å².